The smallest absolute Gasteiger partial charge is 0.320 e. The van der Waals surface area contributed by atoms with Gasteiger partial charge in [0.2, 0.25) is 10.0 Å². The summed E-state index contributed by atoms with van der Waals surface area (Å²) < 4.78 is 36.5. The van der Waals surface area contributed by atoms with Crippen molar-refractivity contribution in [2.45, 2.75) is 6.54 Å². The first-order valence-electron chi connectivity index (χ1n) is 4.71. The van der Waals surface area contributed by atoms with Crippen LogP contribution in [0.2, 0.25) is 0 Å². The number of aliphatic carboxylic acids is 1. The molecule has 0 aromatic heterocycles. The predicted molar refractivity (Wildman–Crippen MR) is 59.3 cm³/mol. The molecular formula is C10H12FNO4S. The fourth-order valence-corrected chi connectivity index (χ4v) is 2.09. The number of benzene rings is 1. The highest BCUT2D eigenvalue weighted by atomic mass is 32.2. The van der Waals surface area contributed by atoms with Crippen LogP contribution in [0, 0.1) is 5.82 Å². The zero-order valence-corrected chi connectivity index (χ0v) is 9.95. The zero-order valence-electron chi connectivity index (χ0n) is 9.13. The largest absolute Gasteiger partial charge is 0.480 e. The molecule has 0 saturated heterocycles. The summed E-state index contributed by atoms with van der Waals surface area (Å²) in [6.07, 6.45) is 0. The fourth-order valence-electron chi connectivity index (χ4n) is 1.21. The van der Waals surface area contributed by atoms with Gasteiger partial charge >= 0.3 is 5.97 Å². The van der Waals surface area contributed by atoms with Gasteiger partial charge in [0.15, 0.2) is 5.75 Å². The Balaban J connectivity index is 2.75. The Bertz CT molecular complexity index is 498. The van der Waals surface area contributed by atoms with E-state index in [2.05, 4.69) is 0 Å². The standard InChI is InChI=1S/C10H12FNO4S/c1-12(17(15,16)7-10(13)14)6-8-2-4-9(11)5-3-8/h2-5H,6-7H2,1H3,(H,13,14). The molecule has 94 valence electrons. The summed E-state index contributed by atoms with van der Waals surface area (Å²) in [6, 6.07) is 5.32. The second-order valence-electron chi connectivity index (χ2n) is 3.53. The van der Waals surface area contributed by atoms with Gasteiger partial charge in [0.25, 0.3) is 0 Å². The second kappa shape index (κ2) is 5.24. The van der Waals surface area contributed by atoms with Gasteiger partial charge in [-0.25, -0.2) is 17.1 Å². The number of halogens is 1. The van der Waals surface area contributed by atoms with Crippen molar-refractivity contribution in [1.82, 2.24) is 4.31 Å². The van der Waals surface area contributed by atoms with Crippen molar-refractivity contribution in [2.75, 3.05) is 12.8 Å². The van der Waals surface area contributed by atoms with Crippen LogP contribution in [0.3, 0.4) is 0 Å². The number of carboxylic acid groups (broad SMARTS) is 1. The van der Waals surface area contributed by atoms with Crippen LogP contribution in [0.25, 0.3) is 0 Å². The van der Waals surface area contributed by atoms with E-state index in [0.29, 0.717) is 5.56 Å². The molecule has 0 heterocycles. The van der Waals surface area contributed by atoms with Crippen LogP contribution >= 0.6 is 0 Å². The molecule has 0 spiro atoms. The summed E-state index contributed by atoms with van der Waals surface area (Å²) in [6.45, 7) is 0.00981. The highest BCUT2D eigenvalue weighted by Crippen LogP contribution is 2.08. The minimum atomic E-state index is -3.83. The van der Waals surface area contributed by atoms with E-state index in [1.165, 1.54) is 31.3 Å². The Morgan fingerprint density at radius 1 is 1.35 bits per heavy atom. The average molecular weight is 261 g/mol. The summed E-state index contributed by atoms with van der Waals surface area (Å²) in [5.74, 6) is -2.77. The number of sulfonamides is 1. The van der Waals surface area contributed by atoms with Gasteiger partial charge in [-0.1, -0.05) is 12.1 Å². The van der Waals surface area contributed by atoms with Gasteiger partial charge in [0.1, 0.15) is 5.82 Å². The monoisotopic (exact) mass is 261 g/mol. The summed E-state index contributed by atoms with van der Waals surface area (Å²) in [4.78, 5) is 10.4. The van der Waals surface area contributed by atoms with E-state index in [-0.39, 0.29) is 6.54 Å². The van der Waals surface area contributed by atoms with Crippen LogP contribution in [0.5, 0.6) is 0 Å². The molecule has 0 fully saturated rings. The number of hydrogen-bond acceptors (Lipinski definition) is 3. The van der Waals surface area contributed by atoms with E-state index in [1.807, 2.05) is 0 Å². The number of rotatable bonds is 5. The molecule has 1 N–H and O–H groups in total. The first-order chi connectivity index (χ1) is 7.81. The number of carbonyl (C=O) groups is 1. The molecule has 7 heteroatoms. The highest BCUT2D eigenvalue weighted by Gasteiger charge is 2.21. The normalized spacial score (nSPS) is 11.7. The predicted octanol–water partition coefficient (Wildman–Crippen LogP) is 0.672. The van der Waals surface area contributed by atoms with E-state index < -0.39 is 27.6 Å². The van der Waals surface area contributed by atoms with Gasteiger partial charge in [-0.15, -0.1) is 0 Å². The van der Waals surface area contributed by atoms with Crippen LogP contribution < -0.4 is 0 Å². The summed E-state index contributed by atoms with van der Waals surface area (Å²) in [7, 11) is -2.55. The van der Waals surface area contributed by atoms with Crippen molar-refractivity contribution < 1.29 is 22.7 Å². The lowest BCUT2D eigenvalue weighted by Crippen LogP contribution is -2.31. The van der Waals surface area contributed by atoms with Crippen LogP contribution in [-0.4, -0.2) is 36.6 Å². The Labute approximate surface area is 98.5 Å². The van der Waals surface area contributed by atoms with Crippen LogP contribution in [-0.2, 0) is 21.4 Å². The van der Waals surface area contributed by atoms with E-state index in [4.69, 9.17) is 5.11 Å². The molecule has 0 aliphatic heterocycles. The lowest BCUT2D eigenvalue weighted by molar-refractivity contribution is -0.134. The van der Waals surface area contributed by atoms with Gasteiger partial charge in [0.05, 0.1) is 0 Å². The SMILES string of the molecule is CN(Cc1ccc(F)cc1)S(=O)(=O)CC(=O)O. The van der Waals surface area contributed by atoms with Crippen LogP contribution in [0.15, 0.2) is 24.3 Å². The molecule has 0 atom stereocenters. The van der Waals surface area contributed by atoms with Crippen molar-refractivity contribution in [1.29, 1.82) is 0 Å². The molecule has 0 amide bonds. The molecule has 0 aliphatic carbocycles. The maximum atomic E-state index is 12.6. The summed E-state index contributed by atoms with van der Waals surface area (Å²) in [5, 5.41) is 8.45. The van der Waals surface area contributed by atoms with E-state index >= 15 is 0 Å². The van der Waals surface area contributed by atoms with Crippen molar-refractivity contribution in [2.24, 2.45) is 0 Å². The third-order valence-electron chi connectivity index (χ3n) is 2.10. The molecule has 1 rings (SSSR count). The first-order valence-corrected chi connectivity index (χ1v) is 6.32. The summed E-state index contributed by atoms with van der Waals surface area (Å²) in [5.41, 5.74) is 0.586. The number of nitrogens with zero attached hydrogens (tertiary/aromatic N) is 1. The average Bonchev–Trinajstić information content (AvgIpc) is 2.19. The lowest BCUT2D eigenvalue weighted by atomic mass is 10.2. The molecular weight excluding hydrogens is 249 g/mol. The number of hydrogen-bond donors (Lipinski definition) is 1. The molecule has 17 heavy (non-hydrogen) atoms. The maximum Gasteiger partial charge on any atom is 0.320 e. The number of carboxylic acids is 1. The fraction of sp³-hybridized carbons (Fsp3) is 0.300. The zero-order chi connectivity index (χ0) is 13.1. The Kier molecular flexibility index (Phi) is 4.19. The van der Waals surface area contributed by atoms with Gasteiger partial charge in [-0.05, 0) is 17.7 Å². The molecule has 1 aromatic rings. The van der Waals surface area contributed by atoms with E-state index in [0.717, 1.165) is 4.31 Å². The molecule has 1 aromatic carbocycles. The molecule has 0 unspecified atom stereocenters. The highest BCUT2D eigenvalue weighted by molar-refractivity contribution is 7.89. The Morgan fingerprint density at radius 3 is 2.35 bits per heavy atom. The van der Waals surface area contributed by atoms with Gasteiger partial charge in [-0.2, -0.15) is 0 Å². The minimum absolute atomic E-state index is 0.00981. The molecule has 0 bridgehead atoms. The molecule has 0 saturated carbocycles. The van der Waals surface area contributed by atoms with Crippen molar-refractivity contribution in [3.63, 3.8) is 0 Å². The Morgan fingerprint density at radius 2 is 1.88 bits per heavy atom. The minimum Gasteiger partial charge on any atom is -0.480 e. The summed E-state index contributed by atoms with van der Waals surface area (Å²) >= 11 is 0. The van der Waals surface area contributed by atoms with Crippen molar-refractivity contribution in [3.8, 4) is 0 Å². The van der Waals surface area contributed by atoms with E-state index in [9.17, 15) is 17.6 Å². The molecule has 5 nitrogen and oxygen atoms in total. The molecule has 0 aliphatic rings. The van der Waals surface area contributed by atoms with Crippen LogP contribution in [0.4, 0.5) is 4.39 Å². The van der Waals surface area contributed by atoms with E-state index in [1.54, 1.807) is 0 Å². The van der Waals surface area contributed by atoms with Crippen LogP contribution in [0.1, 0.15) is 5.56 Å². The lowest BCUT2D eigenvalue weighted by Gasteiger charge is -2.15. The topological polar surface area (TPSA) is 74.7 Å². The van der Waals surface area contributed by atoms with Crippen molar-refractivity contribution in [3.05, 3.63) is 35.6 Å². The van der Waals surface area contributed by atoms with Gasteiger partial charge in [-0.3, -0.25) is 4.79 Å². The van der Waals surface area contributed by atoms with Crippen molar-refractivity contribution >= 4 is 16.0 Å². The van der Waals surface area contributed by atoms with Gasteiger partial charge in [0, 0.05) is 13.6 Å². The third kappa shape index (κ3) is 4.12. The van der Waals surface area contributed by atoms with Gasteiger partial charge < -0.3 is 5.11 Å². The Hall–Kier alpha value is -1.47. The maximum absolute atomic E-state index is 12.6. The second-order valence-corrected chi connectivity index (χ2v) is 5.61. The first kappa shape index (κ1) is 13.6. The third-order valence-corrected chi connectivity index (χ3v) is 3.79. The quantitative estimate of drug-likeness (QED) is 0.845. The molecule has 0 radical (unpaired) electrons.